The quantitative estimate of drug-likeness (QED) is 0.797. The lowest BCUT2D eigenvalue weighted by Gasteiger charge is -2.33. The second-order valence-electron chi connectivity index (χ2n) is 4.22. The topological polar surface area (TPSA) is 38.0 Å². The molecule has 0 fully saturated rings. The third-order valence-electron chi connectivity index (χ3n) is 3.05. The predicted molar refractivity (Wildman–Crippen MR) is 72.1 cm³/mol. The van der Waals surface area contributed by atoms with Gasteiger partial charge in [0.1, 0.15) is 0 Å². The minimum atomic E-state index is 0.0164. The van der Waals surface area contributed by atoms with Crippen molar-refractivity contribution in [2.24, 2.45) is 5.73 Å². The molecule has 1 aromatic carbocycles. The highest BCUT2D eigenvalue weighted by atomic mass is 35.5. The van der Waals surface area contributed by atoms with Gasteiger partial charge in [-0.1, -0.05) is 31.9 Å². The monoisotopic (exact) mass is 240 g/mol. The van der Waals surface area contributed by atoms with Crippen molar-refractivity contribution in [2.75, 3.05) is 11.9 Å². The molecule has 16 heavy (non-hydrogen) atoms. The van der Waals surface area contributed by atoms with E-state index >= 15 is 0 Å². The van der Waals surface area contributed by atoms with Crippen LogP contribution in [0.25, 0.3) is 0 Å². The molecule has 0 bridgehead atoms. The average molecular weight is 241 g/mol. The first-order chi connectivity index (χ1) is 7.65. The van der Waals surface area contributed by atoms with Gasteiger partial charge < -0.3 is 11.1 Å². The third kappa shape index (κ3) is 3.39. The lowest BCUT2D eigenvalue weighted by molar-refractivity contribution is 0.422. The van der Waals surface area contributed by atoms with Gasteiger partial charge in [-0.05, 0) is 37.1 Å². The number of hydrogen-bond acceptors (Lipinski definition) is 2. The van der Waals surface area contributed by atoms with E-state index in [9.17, 15) is 0 Å². The minimum absolute atomic E-state index is 0.0164. The van der Waals surface area contributed by atoms with Gasteiger partial charge in [0.05, 0.1) is 0 Å². The summed E-state index contributed by atoms with van der Waals surface area (Å²) in [6.07, 6.45) is 3.24. The van der Waals surface area contributed by atoms with Crippen LogP contribution < -0.4 is 11.1 Å². The molecule has 0 aliphatic rings. The van der Waals surface area contributed by atoms with Gasteiger partial charge in [-0.15, -0.1) is 0 Å². The number of hydrogen-bond donors (Lipinski definition) is 2. The summed E-state index contributed by atoms with van der Waals surface area (Å²) in [6, 6.07) is 7.79. The van der Waals surface area contributed by atoms with Crippen molar-refractivity contribution in [1.29, 1.82) is 0 Å². The summed E-state index contributed by atoms with van der Waals surface area (Å²) in [7, 11) is 0. The first-order valence-corrected chi connectivity index (χ1v) is 6.27. The van der Waals surface area contributed by atoms with Crippen LogP contribution in [0.1, 0.15) is 33.1 Å². The van der Waals surface area contributed by atoms with Gasteiger partial charge in [-0.25, -0.2) is 0 Å². The van der Waals surface area contributed by atoms with E-state index < -0.39 is 0 Å². The Kier molecular flexibility index (Phi) is 5.10. The Morgan fingerprint density at radius 1 is 1.25 bits per heavy atom. The molecule has 3 N–H and O–H groups in total. The Labute approximate surface area is 103 Å². The van der Waals surface area contributed by atoms with E-state index in [1.165, 1.54) is 0 Å². The van der Waals surface area contributed by atoms with Gasteiger partial charge in [0.25, 0.3) is 0 Å². The van der Waals surface area contributed by atoms with Crippen molar-refractivity contribution >= 4 is 17.3 Å². The molecule has 0 aromatic heterocycles. The Morgan fingerprint density at radius 2 is 1.88 bits per heavy atom. The van der Waals surface area contributed by atoms with Crippen molar-refractivity contribution in [2.45, 2.75) is 38.6 Å². The molecule has 1 aromatic rings. The maximum absolute atomic E-state index is 5.89. The molecule has 1 rings (SSSR count). The van der Waals surface area contributed by atoms with E-state index in [-0.39, 0.29) is 5.54 Å². The van der Waals surface area contributed by atoms with E-state index in [2.05, 4.69) is 19.2 Å². The van der Waals surface area contributed by atoms with Crippen LogP contribution in [0.4, 0.5) is 5.69 Å². The molecule has 0 saturated carbocycles. The molecule has 0 aliphatic heterocycles. The molecule has 2 nitrogen and oxygen atoms in total. The maximum Gasteiger partial charge on any atom is 0.0493 e. The van der Waals surface area contributed by atoms with Crippen LogP contribution in [0.3, 0.4) is 0 Å². The molecular formula is C13H21ClN2. The van der Waals surface area contributed by atoms with Gasteiger partial charge >= 0.3 is 0 Å². The van der Waals surface area contributed by atoms with E-state index in [0.29, 0.717) is 6.54 Å². The number of anilines is 1. The van der Waals surface area contributed by atoms with Crippen molar-refractivity contribution < 1.29 is 0 Å². The molecular weight excluding hydrogens is 220 g/mol. The van der Waals surface area contributed by atoms with E-state index in [0.717, 1.165) is 30.0 Å². The van der Waals surface area contributed by atoms with Crippen molar-refractivity contribution in [3.63, 3.8) is 0 Å². The van der Waals surface area contributed by atoms with Crippen LogP contribution in [-0.4, -0.2) is 12.1 Å². The molecule has 90 valence electrons. The van der Waals surface area contributed by atoms with Gasteiger partial charge in [0, 0.05) is 22.8 Å². The fourth-order valence-electron chi connectivity index (χ4n) is 1.94. The van der Waals surface area contributed by atoms with E-state index in [4.69, 9.17) is 17.3 Å². The minimum Gasteiger partial charge on any atom is -0.378 e. The zero-order chi connectivity index (χ0) is 12.0. The summed E-state index contributed by atoms with van der Waals surface area (Å²) in [6.45, 7) is 5.01. The third-order valence-corrected chi connectivity index (χ3v) is 3.30. The smallest absolute Gasteiger partial charge is 0.0493 e. The van der Waals surface area contributed by atoms with Crippen molar-refractivity contribution in [1.82, 2.24) is 0 Å². The molecule has 0 heterocycles. The summed E-state index contributed by atoms with van der Waals surface area (Å²) < 4.78 is 0. The highest BCUT2D eigenvalue weighted by Gasteiger charge is 2.24. The normalized spacial score (nSPS) is 14.5. The molecule has 0 radical (unpaired) electrons. The summed E-state index contributed by atoms with van der Waals surface area (Å²) in [5.41, 5.74) is 7.00. The van der Waals surface area contributed by atoms with E-state index in [1.807, 2.05) is 24.3 Å². The number of nitrogens with one attached hydrogen (secondary N) is 1. The van der Waals surface area contributed by atoms with Gasteiger partial charge in [-0.3, -0.25) is 0 Å². The van der Waals surface area contributed by atoms with Gasteiger partial charge in [0.2, 0.25) is 0 Å². The number of rotatable bonds is 6. The number of nitrogens with two attached hydrogens (primary N) is 1. The molecule has 1 atom stereocenters. The first-order valence-electron chi connectivity index (χ1n) is 5.89. The van der Waals surface area contributed by atoms with Crippen LogP contribution in [0, 0.1) is 0 Å². The van der Waals surface area contributed by atoms with Crippen LogP contribution in [0.5, 0.6) is 0 Å². The van der Waals surface area contributed by atoms with E-state index in [1.54, 1.807) is 0 Å². The fourth-order valence-corrected chi connectivity index (χ4v) is 2.07. The number of halogens is 1. The highest BCUT2D eigenvalue weighted by Crippen LogP contribution is 2.23. The van der Waals surface area contributed by atoms with Crippen LogP contribution in [0.2, 0.25) is 5.02 Å². The molecule has 0 amide bonds. The summed E-state index contributed by atoms with van der Waals surface area (Å²) in [4.78, 5) is 0. The van der Waals surface area contributed by atoms with Crippen LogP contribution in [-0.2, 0) is 0 Å². The van der Waals surface area contributed by atoms with Crippen LogP contribution >= 0.6 is 11.6 Å². The SMILES string of the molecule is CCCC(CC)(CN)Nc1ccc(Cl)cc1. The summed E-state index contributed by atoms with van der Waals surface area (Å²) in [5, 5.41) is 4.30. The Hall–Kier alpha value is -0.730. The van der Waals surface area contributed by atoms with Crippen molar-refractivity contribution in [3.8, 4) is 0 Å². The molecule has 0 aliphatic carbocycles. The van der Waals surface area contributed by atoms with Crippen LogP contribution in [0.15, 0.2) is 24.3 Å². The average Bonchev–Trinajstić information content (AvgIpc) is 2.31. The zero-order valence-corrected chi connectivity index (χ0v) is 10.8. The molecule has 0 saturated heterocycles. The largest absolute Gasteiger partial charge is 0.378 e. The lowest BCUT2D eigenvalue weighted by atomic mass is 9.90. The fraction of sp³-hybridized carbons (Fsp3) is 0.538. The molecule has 1 unspecified atom stereocenters. The predicted octanol–water partition coefficient (Wildman–Crippen LogP) is 3.66. The van der Waals surface area contributed by atoms with Gasteiger partial charge in [-0.2, -0.15) is 0 Å². The Balaban J connectivity index is 2.78. The maximum atomic E-state index is 5.89. The summed E-state index contributed by atoms with van der Waals surface area (Å²) >= 11 is 5.86. The lowest BCUT2D eigenvalue weighted by Crippen LogP contribution is -2.44. The second kappa shape index (κ2) is 6.12. The van der Waals surface area contributed by atoms with Gasteiger partial charge in [0.15, 0.2) is 0 Å². The first kappa shape index (κ1) is 13.3. The zero-order valence-electron chi connectivity index (χ0n) is 10.1. The molecule has 0 spiro atoms. The second-order valence-corrected chi connectivity index (χ2v) is 4.66. The standard InChI is InChI=1S/C13H21ClN2/c1-3-9-13(4-2,10-15)16-12-7-5-11(14)6-8-12/h5-8,16H,3-4,9-10,15H2,1-2H3. The number of benzene rings is 1. The Morgan fingerprint density at radius 3 is 2.31 bits per heavy atom. The molecule has 3 heteroatoms. The summed E-state index contributed by atoms with van der Waals surface area (Å²) in [5.74, 6) is 0. The highest BCUT2D eigenvalue weighted by molar-refractivity contribution is 6.30. The Bertz CT molecular complexity index is 304. The van der Waals surface area contributed by atoms with Crippen molar-refractivity contribution in [3.05, 3.63) is 29.3 Å².